The number of halogens is 1. The molecule has 0 aliphatic heterocycles. The molecule has 0 atom stereocenters. The summed E-state index contributed by atoms with van der Waals surface area (Å²) < 4.78 is 5.56. The third-order valence-corrected chi connectivity index (χ3v) is 6.39. The number of ether oxygens (including phenoxy) is 1. The highest BCUT2D eigenvalue weighted by molar-refractivity contribution is 6.33. The molecule has 3 aromatic carbocycles. The van der Waals surface area contributed by atoms with Crippen molar-refractivity contribution in [2.75, 3.05) is 25.0 Å². The number of anilines is 1. The van der Waals surface area contributed by atoms with Gasteiger partial charge in [-0.2, -0.15) is 0 Å². The Hall–Kier alpha value is -3.84. The van der Waals surface area contributed by atoms with Gasteiger partial charge in [0, 0.05) is 24.6 Å². The number of benzene rings is 3. The van der Waals surface area contributed by atoms with Crippen molar-refractivity contribution >= 4 is 35.3 Å². The van der Waals surface area contributed by atoms with Gasteiger partial charge in [-0.3, -0.25) is 14.9 Å². The molecule has 1 aliphatic rings. The topological polar surface area (TPSA) is 95.9 Å². The lowest BCUT2D eigenvalue weighted by Gasteiger charge is -2.20. The van der Waals surface area contributed by atoms with Crippen molar-refractivity contribution in [2.45, 2.75) is 19.3 Å². The summed E-state index contributed by atoms with van der Waals surface area (Å²) in [6, 6.07) is 20.6. The van der Waals surface area contributed by atoms with Crippen molar-refractivity contribution in [3.05, 3.63) is 88.4 Å². The van der Waals surface area contributed by atoms with Crippen molar-refractivity contribution in [1.82, 2.24) is 4.90 Å². The number of carbonyl (C=O) groups is 3. The summed E-state index contributed by atoms with van der Waals surface area (Å²) in [6.07, 6.45) is -0.838. The predicted octanol–water partition coefficient (Wildman–Crippen LogP) is 5.64. The number of aliphatic carboxylic acids is 1. The smallest absolute Gasteiger partial charge is 0.411 e. The minimum atomic E-state index is -0.982. The fraction of sp³-hybridized carbons (Fsp3) is 0.222. The molecule has 0 radical (unpaired) electrons. The van der Waals surface area contributed by atoms with Crippen LogP contribution in [0.15, 0.2) is 66.7 Å². The Morgan fingerprint density at radius 2 is 1.63 bits per heavy atom. The Bertz CT molecular complexity index is 1230. The van der Waals surface area contributed by atoms with Gasteiger partial charge in [-0.15, -0.1) is 0 Å². The van der Waals surface area contributed by atoms with E-state index in [-0.39, 0.29) is 47.7 Å². The molecule has 0 saturated carbocycles. The maximum absolute atomic E-state index is 12.8. The minimum Gasteiger partial charge on any atom is -0.481 e. The van der Waals surface area contributed by atoms with E-state index in [1.165, 1.54) is 23.1 Å². The number of carboxylic acids is 1. The highest BCUT2D eigenvalue weighted by Gasteiger charge is 2.29. The van der Waals surface area contributed by atoms with Crippen LogP contribution in [0.4, 0.5) is 10.5 Å². The van der Waals surface area contributed by atoms with Gasteiger partial charge in [-0.25, -0.2) is 4.79 Å². The zero-order valence-corrected chi connectivity index (χ0v) is 19.9. The van der Waals surface area contributed by atoms with Crippen molar-refractivity contribution in [3.63, 3.8) is 0 Å². The summed E-state index contributed by atoms with van der Waals surface area (Å²) in [7, 11) is 0. The second kappa shape index (κ2) is 10.6. The van der Waals surface area contributed by atoms with E-state index in [4.69, 9.17) is 21.4 Å². The molecule has 0 fully saturated rings. The lowest BCUT2D eigenvalue weighted by atomic mass is 9.98. The van der Waals surface area contributed by atoms with E-state index in [0.29, 0.717) is 6.54 Å². The third kappa shape index (κ3) is 5.30. The van der Waals surface area contributed by atoms with Gasteiger partial charge < -0.3 is 14.7 Å². The molecule has 1 aliphatic carbocycles. The van der Waals surface area contributed by atoms with E-state index >= 15 is 0 Å². The fourth-order valence-corrected chi connectivity index (χ4v) is 4.48. The Kier molecular flexibility index (Phi) is 7.36. The third-order valence-electron chi connectivity index (χ3n) is 6.06. The summed E-state index contributed by atoms with van der Waals surface area (Å²) in [5.41, 5.74) is 5.00. The number of fused-ring (bicyclic) bond motifs is 3. The molecular weight excluding hydrogens is 468 g/mol. The lowest BCUT2D eigenvalue weighted by Crippen LogP contribution is -2.32. The van der Waals surface area contributed by atoms with Gasteiger partial charge in [0.15, 0.2) is 0 Å². The van der Waals surface area contributed by atoms with Crippen LogP contribution in [0.5, 0.6) is 0 Å². The maximum Gasteiger partial charge on any atom is 0.411 e. The molecule has 0 spiro atoms. The van der Waals surface area contributed by atoms with Crippen molar-refractivity contribution in [2.24, 2.45) is 0 Å². The molecule has 0 heterocycles. The van der Waals surface area contributed by atoms with Crippen LogP contribution in [0.3, 0.4) is 0 Å². The zero-order chi connectivity index (χ0) is 24.9. The molecule has 8 heteroatoms. The number of nitrogens with zero attached hydrogens (tertiary/aromatic N) is 1. The number of hydrogen-bond acceptors (Lipinski definition) is 4. The van der Waals surface area contributed by atoms with Crippen molar-refractivity contribution in [3.8, 4) is 11.1 Å². The Morgan fingerprint density at radius 3 is 2.23 bits per heavy atom. The second-order valence-corrected chi connectivity index (χ2v) is 8.58. The molecular formula is C27H25ClN2O5. The maximum atomic E-state index is 12.8. The van der Waals surface area contributed by atoms with E-state index in [9.17, 15) is 14.4 Å². The Balaban J connectivity index is 1.44. The number of carbonyl (C=O) groups excluding carboxylic acids is 2. The van der Waals surface area contributed by atoms with E-state index in [0.717, 1.165) is 22.3 Å². The van der Waals surface area contributed by atoms with Crippen LogP contribution in [0.2, 0.25) is 5.02 Å². The van der Waals surface area contributed by atoms with Crippen LogP contribution in [0, 0.1) is 0 Å². The van der Waals surface area contributed by atoms with Gasteiger partial charge in [-0.1, -0.05) is 60.1 Å². The second-order valence-electron chi connectivity index (χ2n) is 8.17. The van der Waals surface area contributed by atoms with Gasteiger partial charge in [0.2, 0.25) is 0 Å². The van der Waals surface area contributed by atoms with E-state index in [2.05, 4.69) is 17.4 Å². The summed E-state index contributed by atoms with van der Waals surface area (Å²) in [5, 5.41) is 11.8. The standard InChI is InChI=1S/C27H25ClN2O5/c1-2-30(14-13-25(31)32)26(33)17-11-12-23(28)24(15-17)29-27(34)35-16-22-20-9-5-3-7-18(20)19-8-4-6-10-21(19)22/h3-12,15,22H,2,13-14,16H2,1H3,(H,29,34)(H,31,32). The lowest BCUT2D eigenvalue weighted by molar-refractivity contribution is -0.137. The van der Waals surface area contributed by atoms with Gasteiger partial charge >= 0.3 is 12.1 Å². The molecule has 0 unspecified atom stereocenters. The molecule has 0 aromatic heterocycles. The molecule has 180 valence electrons. The number of carboxylic acid groups (broad SMARTS) is 1. The van der Waals surface area contributed by atoms with Gasteiger partial charge in [0.1, 0.15) is 6.61 Å². The van der Waals surface area contributed by atoms with Crippen LogP contribution in [-0.2, 0) is 9.53 Å². The number of hydrogen-bond donors (Lipinski definition) is 2. The first-order chi connectivity index (χ1) is 16.9. The molecule has 7 nitrogen and oxygen atoms in total. The van der Waals surface area contributed by atoms with Crippen LogP contribution < -0.4 is 5.32 Å². The molecule has 0 bridgehead atoms. The van der Waals surface area contributed by atoms with Crippen molar-refractivity contribution < 1.29 is 24.2 Å². The molecule has 2 N–H and O–H groups in total. The van der Waals surface area contributed by atoms with Gasteiger partial charge in [0.25, 0.3) is 5.91 Å². The summed E-state index contributed by atoms with van der Waals surface area (Å²) in [4.78, 5) is 37.8. The normalized spacial score (nSPS) is 11.9. The summed E-state index contributed by atoms with van der Waals surface area (Å²) >= 11 is 6.25. The van der Waals surface area contributed by atoms with Crippen LogP contribution in [-0.4, -0.2) is 47.7 Å². The largest absolute Gasteiger partial charge is 0.481 e. The van der Waals surface area contributed by atoms with Gasteiger partial charge in [-0.05, 0) is 47.4 Å². The molecule has 0 saturated heterocycles. The highest BCUT2D eigenvalue weighted by atomic mass is 35.5. The van der Waals surface area contributed by atoms with E-state index in [1.807, 2.05) is 36.4 Å². The number of nitrogens with one attached hydrogen (secondary N) is 1. The first-order valence-corrected chi connectivity index (χ1v) is 11.7. The Morgan fingerprint density at radius 1 is 1.00 bits per heavy atom. The highest BCUT2D eigenvalue weighted by Crippen LogP contribution is 2.44. The van der Waals surface area contributed by atoms with Crippen LogP contribution >= 0.6 is 11.6 Å². The summed E-state index contributed by atoms with van der Waals surface area (Å²) in [6.45, 7) is 2.35. The zero-order valence-electron chi connectivity index (χ0n) is 19.2. The average molecular weight is 493 g/mol. The fourth-order valence-electron chi connectivity index (χ4n) is 4.31. The van der Waals surface area contributed by atoms with Crippen LogP contribution in [0.1, 0.15) is 40.7 Å². The average Bonchev–Trinajstić information content (AvgIpc) is 3.18. The van der Waals surface area contributed by atoms with Crippen molar-refractivity contribution in [1.29, 1.82) is 0 Å². The Labute approximate surface area is 208 Å². The first kappa shape index (κ1) is 24.3. The predicted molar refractivity (Wildman–Crippen MR) is 134 cm³/mol. The van der Waals surface area contributed by atoms with Gasteiger partial charge in [0.05, 0.1) is 17.1 Å². The number of rotatable bonds is 8. The molecule has 2 amide bonds. The molecule has 4 rings (SSSR count). The SMILES string of the molecule is CCN(CCC(=O)O)C(=O)c1ccc(Cl)c(NC(=O)OCC2c3ccccc3-c3ccccc32)c1. The number of amides is 2. The monoisotopic (exact) mass is 492 g/mol. The minimum absolute atomic E-state index is 0.0797. The quantitative estimate of drug-likeness (QED) is 0.424. The summed E-state index contributed by atoms with van der Waals surface area (Å²) in [5.74, 6) is -1.41. The first-order valence-electron chi connectivity index (χ1n) is 11.3. The van der Waals surface area contributed by atoms with E-state index < -0.39 is 12.1 Å². The van der Waals surface area contributed by atoms with Crippen LogP contribution in [0.25, 0.3) is 11.1 Å². The molecule has 3 aromatic rings. The molecule has 35 heavy (non-hydrogen) atoms. The van der Waals surface area contributed by atoms with E-state index in [1.54, 1.807) is 6.92 Å².